The van der Waals surface area contributed by atoms with Gasteiger partial charge in [-0.2, -0.15) is 0 Å². The molecule has 3 heterocycles. The molecule has 0 bridgehead atoms. The maximum absolute atomic E-state index is 13.7. The average Bonchev–Trinajstić information content (AvgIpc) is 2.83. The van der Waals surface area contributed by atoms with Crippen LogP contribution in [0.5, 0.6) is 0 Å². The van der Waals surface area contributed by atoms with E-state index in [4.69, 9.17) is 0 Å². The molecule has 170 valence electrons. The monoisotopic (exact) mass is 437 g/mol. The van der Waals surface area contributed by atoms with Gasteiger partial charge in [-0.25, -0.2) is 4.39 Å². The van der Waals surface area contributed by atoms with Gasteiger partial charge >= 0.3 is 0 Å². The second kappa shape index (κ2) is 10.3. The summed E-state index contributed by atoms with van der Waals surface area (Å²) in [6, 6.07) is 10.3. The van der Waals surface area contributed by atoms with Gasteiger partial charge in [-0.3, -0.25) is 19.5 Å². The topological polar surface area (TPSA) is 53.5 Å². The van der Waals surface area contributed by atoms with Crippen molar-refractivity contribution in [3.05, 3.63) is 65.2 Å². The average molecular weight is 438 g/mol. The highest BCUT2D eigenvalue weighted by atomic mass is 19.1. The summed E-state index contributed by atoms with van der Waals surface area (Å²) in [4.78, 5) is 34.0. The molecule has 0 spiro atoms. The number of rotatable bonds is 6. The Kier molecular flexibility index (Phi) is 7.30. The minimum absolute atomic E-state index is 0.0324. The van der Waals surface area contributed by atoms with Gasteiger partial charge in [0, 0.05) is 49.4 Å². The highest BCUT2D eigenvalue weighted by Crippen LogP contribution is 2.24. The molecule has 4 rings (SSSR count). The van der Waals surface area contributed by atoms with Crippen LogP contribution >= 0.6 is 0 Å². The summed E-state index contributed by atoms with van der Waals surface area (Å²) in [7, 11) is 0. The first-order valence-corrected chi connectivity index (χ1v) is 11.8. The molecule has 0 radical (unpaired) electrons. The van der Waals surface area contributed by atoms with Crippen molar-refractivity contribution in [2.45, 2.75) is 51.5 Å². The molecule has 0 aliphatic carbocycles. The van der Waals surface area contributed by atoms with E-state index in [1.165, 1.54) is 44.3 Å². The van der Waals surface area contributed by atoms with Crippen LogP contribution in [0.1, 0.15) is 65.4 Å². The van der Waals surface area contributed by atoms with Gasteiger partial charge in [0.05, 0.1) is 5.69 Å². The van der Waals surface area contributed by atoms with Gasteiger partial charge in [0.2, 0.25) is 0 Å². The first-order chi connectivity index (χ1) is 15.5. The van der Waals surface area contributed by atoms with Crippen LogP contribution < -0.4 is 0 Å². The molecule has 1 amide bonds. The number of halogens is 1. The number of hydrogen-bond donors (Lipinski definition) is 0. The minimum atomic E-state index is -0.389. The molecule has 2 fully saturated rings. The fourth-order valence-corrected chi connectivity index (χ4v) is 4.95. The molecule has 1 atom stereocenters. The highest BCUT2D eigenvalue weighted by molar-refractivity contribution is 5.98. The van der Waals surface area contributed by atoms with Crippen LogP contribution in [0.25, 0.3) is 0 Å². The number of benzene rings is 1. The smallest absolute Gasteiger partial charge is 0.253 e. The van der Waals surface area contributed by atoms with E-state index in [-0.39, 0.29) is 30.3 Å². The second-order valence-corrected chi connectivity index (χ2v) is 9.20. The Morgan fingerprint density at radius 3 is 2.44 bits per heavy atom. The molecule has 2 aliphatic heterocycles. The SMILES string of the molecule is C[C@@H]1CCCN(C2CCN(C(=O)c3ccc(C(=O)CCc4ncccc4F)cc3)CC2)C1. The van der Waals surface area contributed by atoms with E-state index >= 15 is 0 Å². The van der Waals surface area contributed by atoms with Crippen molar-refractivity contribution in [1.29, 1.82) is 0 Å². The van der Waals surface area contributed by atoms with Gasteiger partial charge < -0.3 is 4.90 Å². The molecule has 0 saturated carbocycles. The number of carbonyl (C=O) groups is 2. The van der Waals surface area contributed by atoms with Crippen LogP contribution in [-0.4, -0.2) is 58.7 Å². The third-order valence-corrected chi connectivity index (χ3v) is 6.83. The predicted molar refractivity (Wildman–Crippen MR) is 122 cm³/mol. The summed E-state index contributed by atoms with van der Waals surface area (Å²) in [6.07, 6.45) is 6.63. The van der Waals surface area contributed by atoms with E-state index in [0.717, 1.165) is 31.8 Å². The quantitative estimate of drug-likeness (QED) is 0.630. The third-order valence-electron chi connectivity index (χ3n) is 6.83. The molecule has 32 heavy (non-hydrogen) atoms. The largest absolute Gasteiger partial charge is 0.339 e. The van der Waals surface area contributed by atoms with Crippen molar-refractivity contribution in [3.8, 4) is 0 Å². The van der Waals surface area contributed by atoms with Gasteiger partial charge in [0.25, 0.3) is 5.91 Å². The maximum Gasteiger partial charge on any atom is 0.253 e. The van der Waals surface area contributed by atoms with E-state index in [9.17, 15) is 14.0 Å². The molecule has 5 nitrogen and oxygen atoms in total. The summed E-state index contributed by atoms with van der Waals surface area (Å²) in [5.74, 6) is 0.336. The number of Topliss-reactive ketones (excluding diaryl/α,β-unsaturated/α-hetero) is 1. The molecule has 0 N–H and O–H groups in total. The van der Waals surface area contributed by atoms with Crippen molar-refractivity contribution in [1.82, 2.24) is 14.8 Å². The van der Waals surface area contributed by atoms with Crippen molar-refractivity contribution in [2.24, 2.45) is 5.92 Å². The van der Waals surface area contributed by atoms with Gasteiger partial charge in [-0.05, 0) is 68.8 Å². The number of hydrogen-bond acceptors (Lipinski definition) is 4. The van der Waals surface area contributed by atoms with E-state index in [2.05, 4.69) is 16.8 Å². The molecular formula is C26H32FN3O2. The highest BCUT2D eigenvalue weighted by Gasteiger charge is 2.29. The Balaban J connectivity index is 1.28. The molecule has 2 aliphatic rings. The zero-order valence-electron chi connectivity index (χ0n) is 18.8. The number of amides is 1. The van der Waals surface area contributed by atoms with Crippen LogP contribution in [-0.2, 0) is 6.42 Å². The number of carbonyl (C=O) groups excluding carboxylic acids is 2. The van der Waals surface area contributed by atoms with Gasteiger partial charge in [-0.15, -0.1) is 0 Å². The number of aryl methyl sites for hydroxylation is 1. The maximum atomic E-state index is 13.7. The summed E-state index contributed by atoms with van der Waals surface area (Å²) in [6.45, 7) is 6.26. The van der Waals surface area contributed by atoms with E-state index in [1.807, 2.05) is 4.90 Å². The number of piperidine rings is 2. The molecule has 1 aromatic carbocycles. The zero-order valence-corrected chi connectivity index (χ0v) is 18.8. The van der Waals surface area contributed by atoms with Gasteiger partial charge in [-0.1, -0.05) is 19.1 Å². The van der Waals surface area contributed by atoms with E-state index < -0.39 is 0 Å². The summed E-state index contributed by atoms with van der Waals surface area (Å²) >= 11 is 0. The lowest BCUT2D eigenvalue weighted by molar-refractivity contribution is 0.0541. The fourth-order valence-electron chi connectivity index (χ4n) is 4.95. The molecule has 2 aromatic rings. The van der Waals surface area contributed by atoms with E-state index in [1.54, 1.807) is 24.3 Å². The molecule has 6 heteroatoms. The molecule has 0 unspecified atom stereocenters. The molecular weight excluding hydrogens is 405 g/mol. The van der Waals surface area contributed by atoms with Crippen molar-refractivity contribution in [3.63, 3.8) is 0 Å². The Hall–Kier alpha value is -2.60. The van der Waals surface area contributed by atoms with Crippen LogP contribution in [0.2, 0.25) is 0 Å². The second-order valence-electron chi connectivity index (χ2n) is 9.20. The summed E-state index contributed by atoms with van der Waals surface area (Å²) in [5.41, 5.74) is 1.45. The number of aromatic nitrogens is 1. The van der Waals surface area contributed by atoms with Crippen LogP contribution in [0.4, 0.5) is 4.39 Å². The Bertz CT molecular complexity index is 938. The van der Waals surface area contributed by atoms with Crippen molar-refractivity contribution < 1.29 is 14.0 Å². The first kappa shape index (κ1) is 22.6. The Morgan fingerprint density at radius 2 is 1.75 bits per heavy atom. The van der Waals surface area contributed by atoms with Crippen LogP contribution in [0.15, 0.2) is 42.6 Å². The predicted octanol–water partition coefficient (Wildman–Crippen LogP) is 4.37. The van der Waals surface area contributed by atoms with Crippen molar-refractivity contribution in [2.75, 3.05) is 26.2 Å². The third kappa shape index (κ3) is 5.41. The number of nitrogens with zero attached hydrogens (tertiary/aromatic N) is 3. The Morgan fingerprint density at radius 1 is 1.03 bits per heavy atom. The lowest BCUT2D eigenvalue weighted by Crippen LogP contribution is -2.49. The van der Waals surface area contributed by atoms with Gasteiger partial charge in [0.1, 0.15) is 5.82 Å². The number of ketones is 1. The minimum Gasteiger partial charge on any atom is -0.339 e. The summed E-state index contributed by atoms with van der Waals surface area (Å²) < 4.78 is 13.7. The molecule has 2 saturated heterocycles. The zero-order chi connectivity index (χ0) is 22.5. The van der Waals surface area contributed by atoms with E-state index in [0.29, 0.717) is 22.9 Å². The lowest BCUT2D eigenvalue weighted by atomic mass is 9.95. The van der Waals surface area contributed by atoms with Crippen molar-refractivity contribution >= 4 is 11.7 Å². The number of likely N-dealkylation sites (tertiary alicyclic amines) is 2. The Labute approximate surface area is 189 Å². The van der Waals surface area contributed by atoms with Crippen LogP contribution in [0.3, 0.4) is 0 Å². The van der Waals surface area contributed by atoms with Crippen LogP contribution in [0, 0.1) is 11.7 Å². The van der Waals surface area contributed by atoms with Gasteiger partial charge in [0.15, 0.2) is 5.78 Å². The fraction of sp³-hybridized carbons (Fsp3) is 0.500. The standard InChI is InChI=1S/C26H32FN3O2/c1-19-4-3-15-30(18-19)22-12-16-29(17-13-22)26(32)21-8-6-20(7-9-21)25(31)11-10-24-23(27)5-2-14-28-24/h2,5-9,14,19,22H,3-4,10-13,15-18H2,1H3/t19-/m1/s1. The normalized spacial score (nSPS) is 20.3. The lowest BCUT2D eigenvalue weighted by Gasteiger charge is -2.41. The molecule has 1 aromatic heterocycles. The first-order valence-electron chi connectivity index (χ1n) is 11.8. The summed E-state index contributed by atoms with van der Waals surface area (Å²) in [5, 5.41) is 0. The number of pyridine rings is 1.